The number of hydrogen-bond acceptors (Lipinski definition) is 3. The topological polar surface area (TPSA) is 33.0 Å². The minimum absolute atomic E-state index is 0.125. The van der Waals surface area contributed by atoms with Gasteiger partial charge in [-0.1, -0.05) is 0 Å². The van der Waals surface area contributed by atoms with Crippen LogP contribution in [0.15, 0.2) is 0 Å². The third-order valence-corrected chi connectivity index (χ3v) is 2.57. The van der Waals surface area contributed by atoms with Crippen LogP contribution in [0.2, 0.25) is 0 Å². The molecule has 1 aliphatic heterocycles. The molecule has 0 aromatic heterocycles. The van der Waals surface area contributed by atoms with E-state index < -0.39 is 0 Å². The van der Waals surface area contributed by atoms with Crippen molar-refractivity contribution in [3.63, 3.8) is 0 Å². The lowest BCUT2D eigenvalue weighted by molar-refractivity contribution is 0.193. The molecule has 1 aliphatic rings. The maximum absolute atomic E-state index is 8.52. The quantitative estimate of drug-likeness (QED) is 0.546. The Bertz CT molecular complexity index is 132. The summed E-state index contributed by atoms with van der Waals surface area (Å²) >= 11 is 1.72. The monoisotopic (exact) mass is 143 g/mol. The van der Waals surface area contributed by atoms with Gasteiger partial charge in [0.15, 0.2) is 0 Å². The average Bonchev–Trinajstić information content (AvgIpc) is 2.33. The van der Waals surface area contributed by atoms with Gasteiger partial charge in [-0.15, -0.1) is 0 Å². The van der Waals surface area contributed by atoms with Crippen LogP contribution < -0.4 is 0 Å². The predicted octanol–water partition coefficient (Wildman–Crippen LogP) is 0.888. The third-order valence-electron chi connectivity index (χ3n) is 1.50. The van der Waals surface area contributed by atoms with E-state index in [1.807, 2.05) is 6.26 Å². The summed E-state index contributed by atoms with van der Waals surface area (Å²) in [5.41, 5.74) is 0. The Hall–Kier alpha value is -0.200. The van der Waals surface area contributed by atoms with Crippen molar-refractivity contribution in [2.24, 2.45) is 5.92 Å². The summed E-state index contributed by atoms with van der Waals surface area (Å²) in [6.07, 6.45) is 2.02. The van der Waals surface area contributed by atoms with Crippen LogP contribution in [0.5, 0.6) is 0 Å². The van der Waals surface area contributed by atoms with E-state index in [9.17, 15) is 0 Å². The SMILES string of the molecule is CSC1COCC1C#N. The second-order valence-electron chi connectivity index (χ2n) is 2.05. The van der Waals surface area contributed by atoms with Crippen molar-refractivity contribution in [1.29, 1.82) is 5.26 Å². The van der Waals surface area contributed by atoms with Crippen molar-refractivity contribution in [3.8, 4) is 6.07 Å². The van der Waals surface area contributed by atoms with Crippen LogP contribution in [0.3, 0.4) is 0 Å². The fourth-order valence-electron chi connectivity index (χ4n) is 0.887. The lowest BCUT2D eigenvalue weighted by atomic mass is 10.1. The van der Waals surface area contributed by atoms with Crippen molar-refractivity contribution in [1.82, 2.24) is 0 Å². The molecule has 1 heterocycles. The molecule has 3 heteroatoms. The molecule has 0 saturated carbocycles. The highest BCUT2D eigenvalue weighted by molar-refractivity contribution is 7.99. The molecule has 50 valence electrons. The van der Waals surface area contributed by atoms with E-state index in [0.717, 1.165) is 6.61 Å². The van der Waals surface area contributed by atoms with Gasteiger partial charge in [-0.05, 0) is 6.26 Å². The summed E-state index contributed by atoms with van der Waals surface area (Å²) in [5.74, 6) is 0.125. The third kappa shape index (κ3) is 1.38. The molecular formula is C6H9NOS. The van der Waals surface area contributed by atoms with E-state index in [1.54, 1.807) is 11.8 Å². The van der Waals surface area contributed by atoms with Gasteiger partial charge >= 0.3 is 0 Å². The number of thioether (sulfide) groups is 1. The normalized spacial score (nSPS) is 34.2. The Balaban J connectivity index is 2.44. The van der Waals surface area contributed by atoms with Gasteiger partial charge in [0, 0.05) is 5.25 Å². The van der Waals surface area contributed by atoms with Crippen LogP contribution in [0.25, 0.3) is 0 Å². The van der Waals surface area contributed by atoms with Crippen LogP contribution in [0.4, 0.5) is 0 Å². The lowest BCUT2D eigenvalue weighted by Crippen LogP contribution is -2.11. The van der Waals surface area contributed by atoms with Crippen molar-refractivity contribution < 1.29 is 4.74 Å². The van der Waals surface area contributed by atoms with Gasteiger partial charge in [0.1, 0.15) is 0 Å². The van der Waals surface area contributed by atoms with Crippen LogP contribution >= 0.6 is 11.8 Å². The molecule has 0 radical (unpaired) electrons. The fourth-order valence-corrected chi connectivity index (χ4v) is 1.59. The minimum Gasteiger partial charge on any atom is -0.379 e. The van der Waals surface area contributed by atoms with Crippen LogP contribution in [0, 0.1) is 17.2 Å². The predicted molar refractivity (Wildman–Crippen MR) is 37.2 cm³/mol. The number of nitriles is 1. The molecule has 0 N–H and O–H groups in total. The van der Waals surface area contributed by atoms with Gasteiger partial charge in [-0.3, -0.25) is 0 Å². The van der Waals surface area contributed by atoms with Crippen LogP contribution in [-0.2, 0) is 4.74 Å². The number of rotatable bonds is 1. The Morgan fingerprint density at radius 3 is 2.89 bits per heavy atom. The molecule has 1 saturated heterocycles. The summed E-state index contributed by atoms with van der Waals surface area (Å²) in [5, 5.41) is 8.94. The molecule has 1 rings (SSSR count). The van der Waals surface area contributed by atoms with Crippen molar-refractivity contribution in [2.75, 3.05) is 19.5 Å². The second-order valence-corrected chi connectivity index (χ2v) is 3.12. The zero-order valence-electron chi connectivity index (χ0n) is 5.33. The molecule has 2 unspecified atom stereocenters. The number of nitrogens with zero attached hydrogens (tertiary/aromatic N) is 1. The smallest absolute Gasteiger partial charge is 0.0837 e. The van der Waals surface area contributed by atoms with Crippen molar-refractivity contribution in [2.45, 2.75) is 5.25 Å². The Morgan fingerprint density at radius 2 is 2.44 bits per heavy atom. The number of ether oxygens (including phenoxy) is 1. The molecule has 2 atom stereocenters. The van der Waals surface area contributed by atoms with Gasteiger partial charge in [0.2, 0.25) is 0 Å². The highest BCUT2D eigenvalue weighted by atomic mass is 32.2. The van der Waals surface area contributed by atoms with E-state index in [-0.39, 0.29) is 5.92 Å². The summed E-state index contributed by atoms with van der Waals surface area (Å²) in [7, 11) is 0. The molecule has 1 fully saturated rings. The molecule has 0 spiro atoms. The van der Waals surface area contributed by atoms with E-state index in [1.165, 1.54) is 0 Å². The van der Waals surface area contributed by atoms with E-state index in [2.05, 4.69) is 6.07 Å². The minimum atomic E-state index is 0.125. The van der Waals surface area contributed by atoms with E-state index >= 15 is 0 Å². The maximum atomic E-state index is 8.52. The van der Waals surface area contributed by atoms with Gasteiger partial charge in [-0.25, -0.2) is 0 Å². The summed E-state index contributed by atoms with van der Waals surface area (Å²) in [4.78, 5) is 0. The summed E-state index contributed by atoms with van der Waals surface area (Å²) in [6.45, 7) is 1.38. The molecule has 0 aromatic rings. The molecule has 0 aromatic carbocycles. The average molecular weight is 143 g/mol. The fraction of sp³-hybridized carbons (Fsp3) is 0.833. The highest BCUT2D eigenvalue weighted by Crippen LogP contribution is 2.22. The first kappa shape index (κ1) is 6.91. The molecule has 0 aliphatic carbocycles. The Labute approximate surface area is 59.2 Å². The zero-order chi connectivity index (χ0) is 6.69. The largest absolute Gasteiger partial charge is 0.379 e. The zero-order valence-corrected chi connectivity index (χ0v) is 6.15. The lowest BCUT2D eigenvalue weighted by Gasteiger charge is -2.04. The van der Waals surface area contributed by atoms with E-state index in [4.69, 9.17) is 10.00 Å². The molecule has 0 bridgehead atoms. The number of hydrogen-bond donors (Lipinski definition) is 0. The first-order valence-corrected chi connectivity index (χ1v) is 4.17. The van der Waals surface area contributed by atoms with Crippen LogP contribution in [0.1, 0.15) is 0 Å². The Kier molecular flexibility index (Phi) is 2.38. The second kappa shape index (κ2) is 3.09. The van der Waals surface area contributed by atoms with Gasteiger partial charge in [-0.2, -0.15) is 17.0 Å². The van der Waals surface area contributed by atoms with Crippen LogP contribution in [-0.4, -0.2) is 24.7 Å². The first-order chi connectivity index (χ1) is 4.38. The van der Waals surface area contributed by atoms with E-state index in [0.29, 0.717) is 11.9 Å². The molecule has 0 amide bonds. The first-order valence-electron chi connectivity index (χ1n) is 2.88. The van der Waals surface area contributed by atoms with Gasteiger partial charge in [0.25, 0.3) is 0 Å². The molecule has 2 nitrogen and oxygen atoms in total. The standard InChI is InChI=1S/C6H9NOS/c1-9-6-4-8-3-5(6)2-7/h5-6H,3-4H2,1H3. The molecule has 9 heavy (non-hydrogen) atoms. The summed E-state index contributed by atoms with van der Waals surface area (Å²) < 4.78 is 5.11. The van der Waals surface area contributed by atoms with Crippen molar-refractivity contribution in [3.05, 3.63) is 0 Å². The van der Waals surface area contributed by atoms with Gasteiger partial charge in [0.05, 0.1) is 25.2 Å². The highest BCUT2D eigenvalue weighted by Gasteiger charge is 2.26. The molecular weight excluding hydrogens is 134 g/mol. The van der Waals surface area contributed by atoms with Crippen molar-refractivity contribution >= 4 is 11.8 Å². The summed E-state index contributed by atoms with van der Waals surface area (Å²) in [6, 6.07) is 2.22. The van der Waals surface area contributed by atoms with Gasteiger partial charge < -0.3 is 4.74 Å². The maximum Gasteiger partial charge on any atom is 0.0837 e. The Morgan fingerprint density at radius 1 is 1.67 bits per heavy atom.